The zero-order chi connectivity index (χ0) is 55.0. The Morgan fingerprint density at radius 1 is 0.276 bits per heavy atom. The molecule has 0 spiro atoms. The highest BCUT2D eigenvalue weighted by molar-refractivity contribution is 5.71. The number of rotatable bonds is 58. The molecular weight excluding hydrogens is 937 g/mol. The van der Waals surface area contributed by atoms with Crippen molar-refractivity contribution >= 4 is 17.9 Å². The Morgan fingerprint density at radius 2 is 0.513 bits per heavy atom. The topological polar surface area (TPSA) is 78.9 Å². The van der Waals surface area contributed by atoms with Gasteiger partial charge in [0.15, 0.2) is 6.10 Å². The summed E-state index contributed by atoms with van der Waals surface area (Å²) in [5.74, 6) is -0.898. The number of carbonyl (C=O) groups is 3. The molecule has 0 aliphatic heterocycles. The van der Waals surface area contributed by atoms with Crippen molar-refractivity contribution < 1.29 is 28.6 Å². The van der Waals surface area contributed by atoms with E-state index in [-0.39, 0.29) is 31.1 Å². The summed E-state index contributed by atoms with van der Waals surface area (Å²) in [6, 6.07) is 0. The standard InChI is InChI=1S/C70H120O6/c1-4-7-10-13-16-19-22-25-28-30-32-33-34-35-36-37-38-40-42-45-48-51-54-57-60-63-69(72)75-66-67(65-74-68(71)62-59-56-53-50-47-44-41-27-24-21-18-15-12-9-6-3)76-70(73)64-61-58-55-52-49-46-43-39-31-29-26-23-20-17-14-11-8-5-2/h7,9-10,12,16,18-19,21,25,27-29,31-33,41,67H,4-6,8,11,13-15,17,20,22-24,26,30,34-40,42-66H2,1-3H3/b10-7-,12-9-,19-16-,21-18-,28-25-,31-29-,33-32-,41-27-. The molecule has 0 aliphatic rings. The lowest BCUT2D eigenvalue weighted by Gasteiger charge is -2.18. The van der Waals surface area contributed by atoms with Gasteiger partial charge in [-0.2, -0.15) is 0 Å². The summed E-state index contributed by atoms with van der Waals surface area (Å²) < 4.78 is 16.9. The van der Waals surface area contributed by atoms with Gasteiger partial charge in [-0.1, -0.05) is 272 Å². The smallest absolute Gasteiger partial charge is 0.306 e. The normalized spacial score (nSPS) is 12.7. The molecule has 0 radical (unpaired) electrons. The number of esters is 3. The zero-order valence-electron chi connectivity index (χ0n) is 50.0. The third kappa shape index (κ3) is 61.2. The fourth-order valence-electron chi connectivity index (χ4n) is 9.03. The van der Waals surface area contributed by atoms with Crippen molar-refractivity contribution in [3.05, 3.63) is 97.2 Å². The van der Waals surface area contributed by atoms with Crippen LogP contribution in [0, 0.1) is 0 Å². The van der Waals surface area contributed by atoms with Crippen molar-refractivity contribution in [1.82, 2.24) is 0 Å². The Hall–Kier alpha value is -3.67. The molecule has 0 rings (SSSR count). The second-order valence-corrected chi connectivity index (χ2v) is 21.3. The molecule has 6 heteroatoms. The van der Waals surface area contributed by atoms with E-state index >= 15 is 0 Å². The second kappa shape index (κ2) is 63.9. The average molecular weight is 1060 g/mol. The van der Waals surface area contributed by atoms with Gasteiger partial charge in [-0.3, -0.25) is 14.4 Å². The molecule has 1 unspecified atom stereocenters. The molecule has 436 valence electrons. The molecule has 0 aromatic carbocycles. The summed E-state index contributed by atoms with van der Waals surface area (Å²) in [4.78, 5) is 38.3. The molecule has 1 atom stereocenters. The maximum absolute atomic E-state index is 12.9. The third-order valence-corrected chi connectivity index (χ3v) is 13.8. The zero-order valence-corrected chi connectivity index (χ0v) is 50.0. The Morgan fingerprint density at radius 3 is 0.816 bits per heavy atom. The summed E-state index contributed by atoms with van der Waals surface area (Å²) in [6.07, 6.45) is 85.5. The molecule has 0 N–H and O–H groups in total. The predicted octanol–water partition coefficient (Wildman–Crippen LogP) is 22.0. The maximum atomic E-state index is 12.9. The van der Waals surface area contributed by atoms with Gasteiger partial charge in [0.2, 0.25) is 0 Å². The van der Waals surface area contributed by atoms with Crippen LogP contribution in [0.1, 0.15) is 310 Å². The van der Waals surface area contributed by atoms with Gasteiger partial charge in [-0.15, -0.1) is 0 Å². The van der Waals surface area contributed by atoms with Crippen molar-refractivity contribution in [3.8, 4) is 0 Å². The van der Waals surface area contributed by atoms with Crippen LogP contribution in [-0.2, 0) is 28.6 Å². The van der Waals surface area contributed by atoms with Gasteiger partial charge in [0.25, 0.3) is 0 Å². The molecule has 0 fully saturated rings. The Labute approximate surface area is 470 Å². The molecule has 76 heavy (non-hydrogen) atoms. The van der Waals surface area contributed by atoms with Crippen LogP contribution in [0.25, 0.3) is 0 Å². The van der Waals surface area contributed by atoms with Crippen LogP contribution in [0.3, 0.4) is 0 Å². The van der Waals surface area contributed by atoms with Crippen LogP contribution in [0.15, 0.2) is 97.2 Å². The molecular formula is C70H120O6. The van der Waals surface area contributed by atoms with E-state index in [1.165, 1.54) is 148 Å². The van der Waals surface area contributed by atoms with E-state index in [0.717, 1.165) is 122 Å². The van der Waals surface area contributed by atoms with Crippen molar-refractivity contribution in [3.63, 3.8) is 0 Å². The Bertz CT molecular complexity index is 1490. The molecule has 0 bridgehead atoms. The van der Waals surface area contributed by atoms with Crippen LogP contribution in [0.5, 0.6) is 0 Å². The number of unbranched alkanes of at least 4 members (excludes halogenated alkanes) is 31. The number of allylic oxidation sites excluding steroid dienone is 16. The second-order valence-electron chi connectivity index (χ2n) is 21.3. The van der Waals surface area contributed by atoms with Gasteiger partial charge in [0.1, 0.15) is 13.2 Å². The van der Waals surface area contributed by atoms with E-state index in [0.29, 0.717) is 19.3 Å². The van der Waals surface area contributed by atoms with E-state index in [2.05, 4.69) is 118 Å². The fraction of sp³-hybridized carbons (Fsp3) is 0.729. The van der Waals surface area contributed by atoms with Crippen molar-refractivity contribution in [2.75, 3.05) is 13.2 Å². The monoisotopic (exact) mass is 1060 g/mol. The molecule has 0 heterocycles. The molecule has 0 aliphatic carbocycles. The highest BCUT2D eigenvalue weighted by Gasteiger charge is 2.19. The molecule has 0 saturated heterocycles. The minimum absolute atomic E-state index is 0.0848. The Kier molecular flexibility index (Phi) is 60.8. The first-order chi connectivity index (χ1) is 37.5. The summed E-state index contributed by atoms with van der Waals surface area (Å²) >= 11 is 0. The van der Waals surface area contributed by atoms with Crippen molar-refractivity contribution in [2.24, 2.45) is 0 Å². The lowest BCUT2D eigenvalue weighted by molar-refractivity contribution is -0.167. The van der Waals surface area contributed by atoms with E-state index in [1.807, 2.05) is 0 Å². The SMILES string of the molecule is CC/C=C\C/C=C\C/C=C\C/C=C\CCCCCCCCCCCCCCC(=O)OCC(COC(=O)CCCCCCC/C=C\C/C=C\C/C=C\CC)OC(=O)CCCCCCCCC/C=C\CCCCCCCCC. The molecule has 0 aromatic rings. The van der Waals surface area contributed by atoms with Crippen LogP contribution in [0.4, 0.5) is 0 Å². The predicted molar refractivity (Wildman–Crippen MR) is 330 cm³/mol. The lowest BCUT2D eigenvalue weighted by Crippen LogP contribution is -2.30. The van der Waals surface area contributed by atoms with E-state index in [4.69, 9.17) is 14.2 Å². The van der Waals surface area contributed by atoms with Crippen LogP contribution in [0.2, 0.25) is 0 Å². The van der Waals surface area contributed by atoms with Gasteiger partial charge in [0.05, 0.1) is 0 Å². The van der Waals surface area contributed by atoms with Gasteiger partial charge in [0, 0.05) is 19.3 Å². The minimum Gasteiger partial charge on any atom is -0.462 e. The van der Waals surface area contributed by atoms with Gasteiger partial charge < -0.3 is 14.2 Å². The van der Waals surface area contributed by atoms with Crippen molar-refractivity contribution in [2.45, 2.75) is 316 Å². The maximum Gasteiger partial charge on any atom is 0.306 e. The van der Waals surface area contributed by atoms with E-state index < -0.39 is 6.10 Å². The third-order valence-electron chi connectivity index (χ3n) is 13.8. The number of hydrogen-bond acceptors (Lipinski definition) is 6. The highest BCUT2D eigenvalue weighted by atomic mass is 16.6. The Balaban J connectivity index is 4.34. The molecule has 0 saturated carbocycles. The first-order valence-corrected chi connectivity index (χ1v) is 32.2. The lowest BCUT2D eigenvalue weighted by atomic mass is 10.0. The molecule has 0 amide bonds. The van der Waals surface area contributed by atoms with Crippen LogP contribution < -0.4 is 0 Å². The van der Waals surface area contributed by atoms with Crippen LogP contribution >= 0.6 is 0 Å². The van der Waals surface area contributed by atoms with Gasteiger partial charge >= 0.3 is 17.9 Å². The summed E-state index contributed by atoms with van der Waals surface area (Å²) in [5, 5.41) is 0. The quantitative estimate of drug-likeness (QED) is 0.0261. The first kappa shape index (κ1) is 72.3. The number of carbonyl (C=O) groups excluding carboxylic acids is 3. The van der Waals surface area contributed by atoms with Crippen molar-refractivity contribution in [1.29, 1.82) is 0 Å². The van der Waals surface area contributed by atoms with Gasteiger partial charge in [-0.25, -0.2) is 0 Å². The minimum atomic E-state index is -0.789. The largest absolute Gasteiger partial charge is 0.462 e. The van der Waals surface area contributed by atoms with Crippen LogP contribution in [-0.4, -0.2) is 37.2 Å². The first-order valence-electron chi connectivity index (χ1n) is 32.2. The van der Waals surface area contributed by atoms with Gasteiger partial charge in [-0.05, 0) is 116 Å². The van der Waals surface area contributed by atoms with E-state index in [9.17, 15) is 14.4 Å². The average Bonchev–Trinajstić information content (AvgIpc) is 3.42. The summed E-state index contributed by atoms with van der Waals surface area (Å²) in [5.41, 5.74) is 0. The highest BCUT2D eigenvalue weighted by Crippen LogP contribution is 2.16. The molecule has 6 nitrogen and oxygen atoms in total. The number of hydrogen-bond donors (Lipinski definition) is 0. The molecule has 0 aromatic heterocycles. The van der Waals surface area contributed by atoms with E-state index in [1.54, 1.807) is 0 Å². The summed E-state index contributed by atoms with van der Waals surface area (Å²) in [6.45, 7) is 6.42. The fourth-order valence-corrected chi connectivity index (χ4v) is 9.03. The summed E-state index contributed by atoms with van der Waals surface area (Å²) in [7, 11) is 0. The number of ether oxygens (including phenoxy) is 3.